The van der Waals surface area contributed by atoms with Crippen LogP contribution in [0.1, 0.15) is 11.1 Å². The summed E-state index contributed by atoms with van der Waals surface area (Å²) in [5.74, 6) is 0. The van der Waals surface area contributed by atoms with Gasteiger partial charge in [-0.25, -0.2) is 4.68 Å². The Balaban J connectivity index is 2.30. The first-order chi connectivity index (χ1) is 6.90. The van der Waals surface area contributed by atoms with Crippen molar-refractivity contribution in [2.45, 2.75) is 6.54 Å². The zero-order valence-electron chi connectivity index (χ0n) is 7.46. The predicted molar refractivity (Wildman–Crippen MR) is 50.3 cm³/mol. The van der Waals surface area contributed by atoms with Crippen LogP contribution in [0.4, 0.5) is 0 Å². The van der Waals surface area contributed by atoms with Gasteiger partial charge in [0.15, 0.2) is 0 Å². The first kappa shape index (κ1) is 8.45. The summed E-state index contributed by atoms with van der Waals surface area (Å²) in [5.41, 5.74) is 1.64. The summed E-state index contributed by atoms with van der Waals surface area (Å²) in [6.07, 6.45) is 3.39. The van der Waals surface area contributed by atoms with E-state index in [9.17, 15) is 0 Å². The van der Waals surface area contributed by atoms with Crippen molar-refractivity contribution in [3.8, 4) is 6.07 Å². The van der Waals surface area contributed by atoms with Gasteiger partial charge in [-0.15, -0.1) is 5.10 Å². The Hall–Kier alpha value is -2.15. The third kappa shape index (κ3) is 1.62. The van der Waals surface area contributed by atoms with Crippen molar-refractivity contribution in [3.63, 3.8) is 0 Å². The molecule has 0 saturated carbocycles. The molecule has 0 radical (unpaired) electrons. The lowest BCUT2D eigenvalue weighted by molar-refractivity contribution is 0.649. The van der Waals surface area contributed by atoms with Gasteiger partial charge in [-0.1, -0.05) is 23.4 Å². The van der Waals surface area contributed by atoms with Crippen LogP contribution in [0.2, 0.25) is 0 Å². The lowest BCUT2D eigenvalue weighted by Gasteiger charge is -2.02. The molecule has 0 atom stereocenters. The van der Waals surface area contributed by atoms with E-state index in [2.05, 4.69) is 16.4 Å². The van der Waals surface area contributed by atoms with Gasteiger partial charge in [-0.2, -0.15) is 5.26 Å². The fourth-order valence-corrected chi connectivity index (χ4v) is 1.26. The molecule has 0 amide bonds. The van der Waals surface area contributed by atoms with Crippen LogP contribution in [0.5, 0.6) is 0 Å². The number of hydrogen-bond donors (Lipinski definition) is 0. The Kier molecular flexibility index (Phi) is 2.24. The quantitative estimate of drug-likeness (QED) is 0.704. The van der Waals surface area contributed by atoms with E-state index in [1.54, 1.807) is 23.1 Å². The SMILES string of the molecule is N#Cc1ccccc1Cn1ccnn1. The smallest absolute Gasteiger partial charge is 0.0995 e. The molecule has 0 spiro atoms. The minimum Gasteiger partial charge on any atom is -0.248 e. The van der Waals surface area contributed by atoms with Crippen LogP contribution in [-0.2, 0) is 6.54 Å². The molecule has 0 aliphatic carbocycles. The molecule has 1 heterocycles. The average molecular weight is 184 g/mol. The molecule has 1 aromatic heterocycles. The second-order valence-electron chi connectivity index (χ2n) is 2.87. The van der Waals surface area contributed by atoms with Gasteiger partial charge in [0, 0.05) is 6.20 Å². The minimum atomic E-state index is 0.587. The van der Waals surface area contributed by atoms with E-state index in [4.69, 9.17) is 5.26 Å². The minimum absolute atomic E-state index is 0.587. The van der Waals surface area contributed by atoms with Crippen LogP contribution < -0.4 is 0 Å². The molecule has 0 aliphatic heterocycles. The first-order valence-electron chi connectivity index (χ1n) is 4.22. The van der Waals surface area contributed by atoms with Gasteiger partial charge in [-0.05, 0) is 11.6 Å². The Bertz CT molecular complexity index is 453. The van der Waals surface area contributed by atoms with Crippen LogP contribution >= 0.6 is 0 Å². The molecule has 0 aliphatic rings. The average Bonchev–Trinajstić information content (AvgIpc) is 2.71. The summed E-state index contributed by atoms with van der Waals surface area (Å²) < 4.78 is 1.69. The van der Waals surface area contributed by atoms with Crippen LogP contribution in [0.3, 0.4) is 0 Å². The molecular formula is C10H8N4. The van der Waals surface area contributed by atoms with Crippen molar-refractivity contribution in [3.05, 3.63) is 47.8 Å². The molecular weight excluding hydrogens is 176 g/mol. The Labute approximate surface area is 81.4 Å². The summed E-state index contributed by atoms with van der Waals surface area (Å²) in [6.45, 7) is 0.587. The number of nitrogens with zero attached hydrogens (tertiary/aromatic N) is 4. The molecule has 0 saturated heterocycles. The summed E-state index contributed by atoms with van der Waals surface area (Å²) in [7, 11) is 0. The van der Waals surface area contributed by atoms with E-state index in [1.165, 1.54) is 0 Å². The van der Waals surface area contributed by atoms with E-state index in [0.717, 1.165) is 5.56 Å². The Morgan fingerprint density at radius 2 is 2.21 bits per heavy atom. The summed E-state index contributed by atoms with van der Waals surface area (Å²) >= 11 is 0. The van der Waals surface area contributed by atoms with E-state index in [1.807, 2.05) is 18.2 Å². The van der Waals surface area contributed by atoms with Crippen LogP contribution in [0.25, 0.3) is 0 Å². The van der Waals surface area contributed by atoms with E-state index >= 15 is 0 Å². The molecule has 2 rings (SSSR count). The monoisotopic (exact) mass is 184 g/mol. The standard InChI is InChI=1S/C10H8N4/c11-7-9-3-1-2-4-10(9)8-14-6-5-12-13-14/h1-6H,8H2. The molecule has 1 aromatic carbocycles. The fraction of sp³-hybridized carbons (Fsp3) is 0.100. The topological polar surface area (TPSA) is 54.5 Å². The molecule has 14 heavy (non-hydrogen) atoms. The highest BCUT2D eigenvalue weighted by atomic mass is 15.4. The molecule has 4 heteroatoms. The summed E-state index contributed by atoms with van der Waals surface area (Å²) in [5, 5.41) is 16.4. The van der Waals surface area contributed by atoms with Gasteiger partial charge in [0.2, 0.25) is 0 Å². The molecule has 0 unspecified atom stereocenters. The number of hydrogen-bond acceptors (Lipinski definition) is 3. The fourth-order valence-electron chi connectivity index (χ4n) is 1.26. The lowest BCUT2D eigenvalue weighted by atomic mass is 10.1. The Morgan fingerprint density at radius 3 is 2.93 bits per heavy atom. The van der Waals surface area contributed by atoms with Crippen molar-refractivity contribution >= 4 is 0 Å². The summed E-state index contributed by atoms with van der Waals surface area (Å²) in [4.78, 5) is 0. The zero-order chi connectivity index (χ0) is 9.80. The lowest BCUT2D eigenvalue weighted by Crippen LogP contribution is -2.02. The number of nitriles is 1. The first-order valence-corrected chi connectivity index (χ1v) is 4.22. The van der Waals surface area contributed by atoms with Crippen LogP contribution in [0.15, 0.2) is 36.7 Å². The highest BCUT2D eigenvalue weighted by Gasteiger charge is 2.01. The van der Waals surface area contributed by atoms with Crippen molar-refractivity contribution in [1.82, 2.24) is 15.0 Å². The van der Waals surface area contributed by atoms with Gasteiger partial charge in [-0.3, -0.25) is 0 Å². The third-order valence-corrected chi connectivity index (χ3v) is 1.94. The van der Waals surface area contributed by atoms with E-state index in [-0.39, 0.29) is 0 Å². The summed E-state index contributed by atoms with van der Waals surface area (Å²) in [6, 6.07) is 9.62. The van der Waals surface area contributed by atoms with Gasteiger partial charge in [0.1, 0.15) is 0 Å². The van der Waals surface area contributed by atoms with E-state index in [0.29, 0.717) is 12.1 Å². The van der Waals surface area contributed by atoms with E-state index < -0.39 is 0 Å². The second-order valence-corrected chi connectivity index (χ2v) is 2.87. The third-order valence-electron chi connectivity index (χ3n) is 1.94. The number of rotatable bonds is 2. The maximum absolute atomic E-state index is 8.85. The molecule has 68 valence electrons. The van der Waals surface area contributed by atoms with Gasteiger partial charge in [0.05, 0.1) is 24.4 Å². The maximum Gasteiger partial charge on any atom is 0.0995 e. The van der Waals surface area contributed by atoms with Crippen molar-refractivity contribution in [2.75, 3.05) is 0 Å². The molecule has 0 fully saturated rings. The second kappa shape index (κ2) is 3.71. The van der Waals surface area contributed by atoms with Crippen LogP contribution in [0, 0.1) is 11.3 Å². The molecule has 4 nitrogen and oxygen atoms in total. The number of benzene rings is 1. The van der Waals surface area contributed by atoms with Gasteiger partial charge in [0.25, 0.3) is 0 Å². The Morgan fingerprint density at radius 1 is 1.36 bits per heavy atom. The normalized spacial score (nSPS) is 9.64. The number of aromatic nitrogens is 3. The van der Waals surface area contributed by atoms with Crippen molar-refractivity contribution < 1.29 is 0 Å². The maximum atomic E-state index is 8.85. The molecule has 0 bridgehead atoms. The molecule has 0 N–H and O–H groups in total. The predicted octanol–water partition coefficient (Wildman–Crippen LogP) is 1.20. The highest BCUT2D eigenvalue weighted by molar-refractivity contribution is 5.37. The highest BCUT2D eigenvalue weighted by Crippen LogP contribution is 2.08. The largest absolute Gasteiger partial charge is 0.248 e. The van der Waals surface area contributed by atoms with Gasteiger partial charge >= 0.3 is 0 Å². The van der Waals surface area contributed by atoms with Crippen molar-refractivity contribution in [1.29, 1.82) is 5.26 Å². The van der Waals surface area contributed by atoms with Crippen LogP contribution in [-0.4, -0.2) is 15.0 Å². The molecule has 2 aromatic rings. The zero-order valence-corrected chi connectivity index (χ0v) is 7.46. The van der Waals surface area contributed by atoms with Crippen molar-refractivity contribution in [2.24, 2.45) is 0 Å². The van der Waals surface area contributed by atoms with Gasteiger partial charge < -0.3 is 0 Å².